The largest absolute Gasteiger partial charge is 0.310 e. The minimum absolute atomic E-state index is 0.235. The fraction of sp³-hybridized carbons (Fsp3) is 0.385. The normalized spacial score (nSPS) is 11.2. The van der Waals surface area contributed by atoms with Crippen molar-refractivity contribution in [2.24, 2.45) is 7.05 Å². The van der Waals surface area contributed by atoms with Crippen LogP contribution in [0.3, 0.4) is 0 Å². The van der Waals surface area contributed by atoms with Crippen molar-refractivity contribution in [1.82, 2.24) is 20.1 Å². The van der Waals surface area contributed by atoms with Gasteiger partial charge in [-0.15, -0.1) is 0 Å². The number of aryl methyl sites for hydroxylation is 1. The maximum atomic E-state index is 13.3. The second-order valence-corrected chi connectivity index (χ2v) is 4.54. The molecular formula is C13H17FN4. The van der Waals surface area contributed by atoms with Crippen molar-refractivity contribution in [1.29, 1.82) is 0 Å². The predicted octanol–water partition coefficient (Wildman–Crippen LogP) is 2.12. The summed E-state index contributed by atoms with van der Waals surface area (Å²) in [5, 5.41) is 7.33. The van der Waals surface area contributed by atoms with E-state index >= 15 is 0 Å². The first kappa shape index (κ1) is 12.7. The molecule has 0 bridgehead atoms. The monoisotopic (exact) mass is 248 g/mol. The van der Waals surface area contributed by atoms with Gasteiger partial charge in [0.15, 0.2) is 5.82 Å². The lowest BCUT2D eigenvalue weighted by atomic mass is 10.1. The minimum Gasteiger partial charge on any atom is -0.310 e. The van der Waals surface area contributed by atoms with Gasteiger partial charge in [0.2, 0.25) is 0 Å². The average Bonchev–Trinajstić information content (AvgIpc) is 2.73. The molecule has 1 aromatic carbocycles. The van der Waals surface area contributed by atoms with Gasteiger partial charge in [-0.05, 0) is 23.8 Å². The summed E-state index contributed by atoms with van der Waals surface area (Å²) in [5.41, 5.74) is 1.80. The van der Waals surface area contributed by atoms with E-state index < -0.39 is 0 Å². The van der Waals surface area contributed by atoms with Crippen LogP contribution in [0, 0.1) is 5.82 Å². The fourth-order valence-corrected chi connectivity index (χ4v) is 1.78. The maximum absolute atomic E-state index is 13.3. The molecule has 0 saturated heterocycles. The SMILES string of the molecule is CC(C)NCc1cc(F)ccc1-c1ncnn1C. The molecule has 0 aliphatic carbocycles. The summed E-state index contributed by atoms with van der Waals surface area (Å²) in [7, 11) is 1.82. The summed E-state index contributed by atoms with van der Waals surface area (Å²) in [6.45, 7) is 4.72. The van der Waals surface area contributed by atoms with Crippen LogP contribution in [-0.4, -0.2) is 20.8 Å². The Kier molecular flexibility index (Phi) is 3.72. The quantitative estimate of drug-likeness (QED) is 0.901. The van der Waals surface area contributed by atoms with Crippen LogP contribution < -0.4 is 5.32 Å². The van der Waals surface area contributed by atoms with Gasteiger partial charge in [-0.3, -0.25) is 0 Å². The molecule has 1 N–H and O–H groups in total. The van der Waals surface area contributed by atoms with Gasteiger partial charge in [-0.2, -0.15) is 5.10 Å². The Hall–Kier alpha value is -1.75. The highest BCUT2D eigenvalue weighted by molar-refractivity contribution is 5.60. The lowest BCUT2D eigenvalue weighted by Gasteiger charge is -2.12. The molecule has 1 heterocycles. The topological polar surface area (TPSA) is 42.7 Å². The van der Waals surface area contributed by atoms with Crippen LogP contribution in [0.15, 0.2) is 24.5 Å². The fourth-order valence-electron chi connectivity index (χ4n) is 1.78. The summed E-state index contributed by atoms with van der Waals surface area (Å²) in [6.07, 6.45) is 1.50. The number of hydrogen-bond donors (Lipinski definition) is 1. The first-order chi connectivity index (χ1) is 8.58. The van der Waals surface area contributed by atoms with Crippen molar-refractivity contribution in [3.8, 4) is 11.4 Å². The predicted molar refractivity (Wildman–Crippen MR) is 68.4 cm³/mol. The third-order valence-electron chi connectivity index (χ3n) is 2.72. The van der Waals surface area contributed by atoms with Crippen LogP contribution in [0.2, 0.25) is 0 Å². The zero-order valence-electron chi connectivity index (χ0n) is 10.8. The zero-order chi connectivity index (χ0) is 13.1. The van der Waals surface area contributed by atoms with Gasteiger partial charge in [0.25, 0.3) is 0 Å². The molecule has 0 saturated carbocycles. The van der Waals surface area contributed by atoms with E-state index in [2.05, 4.69) is 29.2 Å². The Balaban J connectivity index is 2.37. The molecule has 0 fully saturated rings. The van der Waals surface area contributed by atoms with Crippen LogP contribution >= 0.6 is 0 Å². The van der Waals surface area contributed by atoms with Gasteiger partial charge in [0, 0.05) is 25.2 Å². The Morgan fingerprint density at radius 3 is 2.78 bits per heavy atom. The Bertz CT molecular complexity index is 534. The number of nitrogens with zero attached hydrogens (tertiary/aromatic N) is 3. The number of aromatic nitrogens is 3. The van der Waals surface area contributed by atoms with Crippen LogP contribution in [0.25, 0.3) is 11.4 Å². The highest BCUT2D eigenvalue weighted by Gasteiger charge is 2.11. The molecule has 0 atom stereocenters. The molecule has 1 aromatic heterocycles. The summed E-state index contributed by atoms with van der Waals surface area (Å²) in [6, 6.07) is 5.08. The van der Waals surface area contributed by atoms with Gasteiger partial charge in [0.1, 0.15) is 12.1 Å². The van der Waals surface area contributed by atoms with E-state index in [0.717, 1.165) is 17.0 Å². The summed E-state index contributed by atoms with van der Waals surface area (Å²) in [4.78, 5) is 4.21. The maximum Gasteiger partial charge on any atom is 0.158 e. The molecule has 0 aliphatic rings. The Labute approximate surface area is 106 Å². The van der Waals surface area contributed by atoms with Gasteiger partial charge in [-0.25, -0.2) is 14.1 Å². The van der Waals surface area contributed by atoms with Crippen molar-refractivity contribution in [3.05, 3.63) is 35.9 Å². The Morgan fingerprint density at radius 1 is 1.39 bits per heavy atom. The summed E-state index contributed by atoms with van der Waals surface area (Å²) in [5.74, 6) is 0.511. The standard InChI is InChI=1S/C13H17FN4/c1-9(2)15-7-10-6-11(14)4-5-12(10)13-16-8-17-18(13)3/h4-6,8-9,15H,7H2,1-3H3. The molecule has 0 unspecified atom stereocenters. The van der Waals surface area contributed by atoms with E-state index in [1.807, 2.05) is 7.05 Å². The third-order valence-corrected chi connectivity index (χ3v) is 2.72. The average molecular weight is 248 g/mol. The minimum atomic E-state index is -0.235. The van der Waals surface area contributed by atoms with E-state index in [4.69, 9.17) is 0 Å². The molecular weight excluding hydrogens is 231 g/mol. The van der Waals surface area contributed by atoms with Gasteiger partial charge < -0.3 is 5.32 Å². The number of halogens is 1. The van der Waals surface area contributed by atoms with Crippen molar-refractivity contribution < 1.29 is 4.39 Å². The van der Waals surface area contributed by atoms with Crippen molar-refractivity contribution >= 4 is 0 Å². The third kappa shape index (κ3) is 2.73. The lowest BCUT2D eigenvalue weighted by molar-refractivity contribution is 0.581. The molecule has 0 spiro atoms. The second kappa shape index (κ2) is 5.27. The highest BCUT2D eigenvalue weighted by atomic mass is 19.1. The molecule has 2 rings (SSSR count). The van der Waals surface area contributed by atoms with Gasteiger partial charge in [0.05, 0.1) is 0 Å². The summed E-state index contributed by atoms with van der Waals surface area (Å²) >= 11 is 0. The van der Waals surface area contributed by atoms with Gasteiger partial charge in [-0.1, -0.05) is 13.8 Å². The van der Waals surface area contributed by atoms with Crippen molar-refractivity contribution in [2.45, 2.75) is 26.4 Å². The number of rotatable bonds is 4. The van der Waals surface area contributed by atoms with Crippen LogP contribution in [0.1, 0.15) is 19.4 Å². The first-order valence-electron chi connectivity index (χ1n) is 5.94. The van der Waals surface area contributed by atoms with Crippen molar-refractivity contribution in [2.75, 3.05) is 0 Å². The van der Waals surface area contributed by atoms with Crippen LogP contribution in [0.4, 0.5) is 4.39 Å². The van der Waals surface area contributed by atoms with Crippen LogP contribution in [0.5, 0.6) is 0 Å². The number of benzene rings is 1. The molecule has 0 amide bonds. The Morgan fingerprint density at radius 2 is 2.17 bits per heavy atom. The number of nitrogens with one attached hydrogen (secondary N) is 1. The molecule has 4 nitrogen and oxygen atoms in total. The van der Waals surface area contributed by atoms with E-state index in [0.29, 0.717) is 12.6 Å². The van der Waals surface area contributed by atoms with Crippen LogP contribution in [-0.2, 0) is 13.6 Å². The first-order valence-corrected chi connectivity index (χ1v) is 5.94. The van der Waals surface area contributed by atoms with E-state index in [1.165, 1.54) is 12.4 Å². The van der Waals surface area contributed by atoms with E-state index in [9.17, 15) is 4.39 Å². The molecule has 5 heteroatoms. The smallest absolute Gasteiger partial charge is 0.158 e. The second-order valence-electron chi connectivity index (χ2n) is 4.54. The van der Waals surface area contributed by atoms with Crippen molar-refractivity contribution in [3.63, 3.8) is 0 Å². The molecule has 2 aromatic rings. The van der Waals surface area contributed by atoms with Gasteiger partial charge >= 0.3 is 0 Å². The highest BCUT2D eigenvalue weighted by Crippen LogP contribution is 2.22. The molecule has 0 aliphatic heterocycles. The molecule has 96 valence electrons. The zero-order valence-corrected chi connectivity index (χ0v) is 10.8. The number of hydrogen-bond acceptors (Lipinski definition) is 3. The molecule has 18 heavy (non-hydrogen) atoms. The lowest BCUT2D eigenvalue weighted by Crippen LogP contribution is -2.22. The van der Waals surface area contributed by atoms with E-state index in [1.54, 1.807) is 16.8 Å². The summed E-state index contributed by atoms with van der Waals surface area (Å²) < 4.78 is 15.0. The molecule has 0 radical (unpaired) electrons. The van der Waals surface area contributed by atoms with E-state index in [-0.39, 0.29) is 5.82 Å².